The molecule has 158 valence electrons. The number of azo groups is 1. The number of nitrogens with one attached hydrogen (secondary N) is 2. The molecular formula is C23H19N7O2. The summed E-state index contributed by atoms with van der Waals surface area (Å²) in [6.45, 7) is 1.97. The molecule has 4 rings (SSSR count). The van der Waals surface area contributed by atoms with Gasteiger partial charge in [-0.3, -0.25) is 10.1 Å². The fourth-order valence-electron chi connectivity index (χ4n) is 2.87. The third kappa shape index (κ3) is 5.08. The Morgan fingerprint density at radius 3 is 1.78 bits per heavy atom. The van der Waals surface area contributed by atoms with E-state index < -0.39 is 4.92 Å². The summed E-state index contributed by atoms with van der Waals surface area (Å²) in [6.07, 6.45) is 1.27. The Morgan fingerprint density at radius 2 is 1.25 bits per heavy atom. The molecule has 0 saturated carbocycles. The maximum Gasteiger partial charge on any atom is 0.353 e. The maximum atomic E-state index is 11.8. The van der Waals surface area contributed by atoms with E-state index in [9.17, 15) is 10.1 Å². The molecule has 1 aromatic heterocycles. The zero-order valence-corrected chi connectivity index (χ0v) is 17.1. The maximum absolute atomic E-state index is 11.8. The van der Waals surface area contributed by atoms with Gasteiger partial charge in [-0.15, -0.1) is 0 Å². The van der Waals surface area contributed by atoms with Crippen molar-refractivity contribution in [2.24, 2.45) is 10.2 Å². The lowest BCUT2D eigenvalue weighted by Gasteiger charge is -2.10. The van der Waals surface area contributed by atoms with Crippen LogP contribution in [0.4, 0.5) is 40.1 Å². The molecule has 0 fully saturated rings. The molecule has 3 aromatic carbocycles. The van der Waals surface area contributed by atoms with Crippen molar-refractivity contribution < 1.29 is 4.92 Å². The van der Waals surface area contributed by atoms with Gasteiger partial charge in [0.25, 0.3) is 0 Å². The van der Waals surface area contributed by atoms with Crippen LogP contribution in [0.5, 0.6) is 0 Å². The number of hydrogen-bond acceptors (Lipinski definition) is 8. The van der Waals surface area contributed by atoms with E-state index in [1.54, 1.807) is 24.3 Å². The fourth-order valence-corrected chi connectivity index (χ4v) is 2.87. The summed E-state index contributed by atoms with van der Waals surface area (Å²) in [4.78, 5) is 19.4. The second-order valence-electron chi connectivity index (χ2n) is 6.88. The first-order chi connectivity index (χ1) is 15.6. The van der Waals surface area contributed by atoms with E-state index in [4.69, 9.17) is 0 Å². The largest absolute Gasteiger partial charge is 0.353 e. The van der Waals surface area contributed by atoms with E-state index in [0.717, 1.165) is 11.3 Å². The minimum Gasteiger partial charge on any atom is -0.334 e. The molecule has 0 bridgehead atoms. The highest BCUT2D eigenvalue weighted by Crippen LogP contribution is 2.33. The molecule has 9 nitrogen and oxygen atoms in total. The van der Waals surface area contributed by atoms with Gasteiger partial charge in [0, 0.05) is 11.4 Å². The average Bonchev–Trinajstić information content (AvgIpc) is 2.81. The summed E-state index contributed by atoms with van der Waals surface area (Å²) in [5, 5.41) is 26.1. The molecule has 0 spiro atoms. The van der Waals surface area contributed by atoms with Crippen molar-refractivity contribution in [3.8, 4) is 0 Å². The van der Waals surface area contributed by atoms with Gasteiger partial charge in [-0.2, -0.15) is 10.2 Å². The van der Waals surface area contributed by atoms with Crippen LogP contribution in [0.3, 0.4) is 0 Å². The molecule has 0 aliphatic carbocycles. The zero-order valence-electron chi connectivity index (χ0n) is 17.1. The van der Waals surface area contributed by atoms with Crippen LogP contribution in [0.15, 0.2) is 95.4 Å². The van der Waals surface area contributed by atoms with Gasteiger partial charge in [0.05, 0.1) is 16.3 Å². The van der Waals surface area contributed by atoms with E-state index >= 15 is 0 Å². The summed E-state index contributed by atoms with van der Waals surface area (Å²) >= 11 is 0. The zero-order chi connectivity index (χ0) is 22.3. The number of nitro groups is 1. The van der Waals surface area contributed by atoms with Gasteiger partial charge < -0.3 is 10.6 Å². The molecule has 0 radical (unpaired) electrons. The van der Waals surface area contributed by atoms with E-state index in [1.807, 2.05) is 61.5 Å². The van der Waals surface area contributed by atoms with Gasteiger partial charge in [0.15, 0.2) is 0 Å². The monoisotopic (exact) mass is 425 g/mol. The number of anilines is 4. The molecule has 1 heterocycles. The third-order valence-electron chi connectivity index (χ3n) is 4.49. The lowest BCUT2D eigenvalue weighted by atomic mass is 10.2. The van der Waals surface area contributed by atoms with Gasteiger partial charge in [-0.05, 0) is 55.5 Å². The lowest BCUT2D eigenvalue weighted by molar-refractivity contribution is -0.383. The Morgan fingerprint density at radius 1 is 0.750 bits per heavy atom. The Kier molecular flexibility index (Phi) is 6.08. The van der Waals surface area contributed by atoms with Crippen LogP contribution < -0.4 is 10.6 Å². The number of hydrogen-bond donors (Lipinski definition) is 2. The highest BCUT2D eigenvalue weighted by atomic mass is 16.6. The summed E-state index contributed by atoms with van der Waals surface area (Å²) < 4.78 is 0. The minimum absolute atomic E-state index is 0.0817. The summed E-state index contributed by atoms with van der Waals surface area (Å²) in [5.74, 6) is 0.183. The number of aromatic nitrogens is 2. The second kappa shape index (κ2) is 9.43. The van der Waals surface area contributed by atoms with Crippen molar-refractivity contribution >= 4 is 40.1 Å². The fraction of sp³-hybridized carbons (Fsp3) is 0.0435. The average molecular weight is 425 g/mol. The van der Waals surface area contributed by atoms with Crippen LogP contribution in [0.1, 0.15) is 5.56 Å². The van der Waals surface area contributed by atoms with Crippen molar-refractivity contribution in [2.75, 3.05) is 10.6 Å². The van der Waals surface area contributed by atoms with Gasteiger partial charge in [0.1, 0.15) is 6.33 Å². The Hall–Kier alpha value is -4.66. The summed E-state index contributed by atoms with van der Waals surface area (Å²) in [5.41, 5.74) is 3.55. The van der Waals surface area contributed by atoms with Crippen LogP contribution in [0.2, 0.25) is 0 Å². The minimum atomic E-state index is -0.513. The smallest absolute Gasteiger partial charge is 0.334 e. The Labute approximate surface area is 184 Å². The molecule has 0 atom stereocenters. The summed E-state index contributed by atoms with van der Waals surface area (Å²) in [7, 11) is 0. The molecule has 0 unspecified atom stereocenters. The van der Waals surface area contributed by atoms with E-state index in [0.29, 0.717) is 17.1 Å². The quantitative estimate of drug-likeness (QED) is 0.196. The number of aryl methyl sites for hydroxylation is 1. The van der Waals surface area contributed by atoms with Gasteiger partial charge in [-0.25, -0.2) is 9.97 Å². The molecule has 4 aromatic rings. The summed E-state index contributed by atoms with van der Waals surface area (Å²) in [6, 6.07) is 23.9. The first-order valence-corrected chi connectivity index (χ1v) is 9.75. The number of benzene rings is 3. The molecule has 2 N–H and O–H groups in total. The predicted molar refractivity (Wildman–Crippen MR) is 123 cm³/mol. The van der Waals surface area contributed by atoms with Crippen LogP contribution in [-0.2, 0) is 0 Å². The Balaban J connectivity index is 1.54. The van der Waals surface area contributed by atoms with E-state index in [2.05, 4.69) is 30.8 Å². The van der Waals surface area contributed by atoms with Gasteiger partial charge in [-0.1, -0.05) is 35.9 Å². The van der Waals surface area contributed by atoms with E-state index in [1.165, 1.54) is 6.33 Å². The topological polar surface area (TPSA) is 118 Å². The molecule has 0 aliphatic rings. The molecule has 0 aliphatic heterocycles. The van der Waals surface area contributed by atoms with Crippen molar-refractivity contribution in [1.82, 2.24) is 9.97 Å². The highest BCUT2D eigenvalue weighted by Gasteiger charge is 2.23. The normalized spacial score (nSPS) is 10.8. The third-order valence-corrected chi connectivity index (χ3v) is 4.49. The number of rotatable bonds is 7. The predicted octanol–water partition coefficient (Wildman–Crippen LogP) is 6.60. The molecule has 9 heteroatoms. The van der Waals surface area contributed by atoms with Crippen molar-refractivity contribution in [1.29, 1.82) is 0 Å². The molecular weight excluding hydrogens is 406 g/mol. The van der Waals surface area contributed by atoms with Crippen LogP contribution >= 0.6 is 0 Å². The molecule has 0 saturated heterocycles. The van der Waals surface area contributed by atoms with Crippen LogP contribution in [0, 0.1) is 17.0 Å². The SMILES string of the molecule is Cc1ccc(Nc2ncnc(Nc3ccc(N=Nc4ccccc4)cc3)c2[N+](=O)[O-])cc1. The van der Waals surface area contributed by atoms with Crippen LogP contribution in [0.25, 0.3) is 0 Å². The van der Waals surface area contributed by atoms with Crippen LogP contribution in [-0.4, -0.2) is 14.9 Å². The molecule has 0 amide bonds. The lowest BCUT2D eigenvalue weighted by Crippen LogP contribution is -2.05. The van der Waals surface area contributed by atoms with Crippen molar-refractivity contribution in [3.63, 3.8) is 0 Å². The first kappa shape index (κ1) is 20.6. The Bertz CT molecular complexity index is 1240. The standard InChI is InChI=1S/C23H19N7O2/c1-16-7-9-17(10-8-16)26-22-21(30(31)32)23(25-15-24-22)27-18-11-13-20(14-12-18)29-28-19-5-3-2-4-6-19/h2-15H,1H3,(H2,24,25,26,27). The number of nitrogens with zero attached hydrogens (tertiary/aromatic N) is 5. The highest BCUT2D eigenvalue weighted by molar-refractivity contribution is 5.77. The van der Waals surface area contributed by atoms with Crippen molar-refractivity contribution in [3.05, 3.63) is 101 Å². The van der Waals surface area contributed by atoms with Gasteiger partial charge in [0.2, 0.25) is 11.6 Å². The van der Waals surface area contributed by atoms with Gasteiger partial charge >= 0.3 is 5.69 Å². The second-order valence-corrected chi connectivity index (χ2v) is 6.88. The van der Waals surface area contributed by atoms with E-state index in [-0.39, 0.29) is 17.3 Å². The first-order valence-electron chi connectivity index (χ1n) is 9.75. The molecule has 32 heavy (non-hydrogen) atoms. The van der Waals surface area contributed by atoms with Crippen molar-refractivity contribution in [2.45, 2.75) is 6.92 Å².